The Bertz CT molecular complexity index is 1010. The Balaban J connectivity index is 1.81. The lowest BCUT2D eigenvalue weighted by Gasteiger charge is -2.32. The number of sulfonamides is 1. The molecular formula is C19H21N3O5S. The number of ketones is 1. The molecule has 1 aliphatic rings. The first-order chi connectivity index (χ1) is 13.2. The predicted octanol–water partition coefficient (Wildman–Crippen LogP) is 2.65. The summed E-state index contributed by atoms with van der Waals surface area (Å²) in [5.41, 5.74) is 1.42. The number of piperidine rings is 1. The van der Waals surface area contributed by atoms with Gasteiger partial charge < -0.3 is 4.90 Å². The van der Waals surface area contributed by atoms with E-state index < -0.39 is 25.5 Å². The van der Waals surface area contributed by atoms with E-state index in [1.165, 1.54) is 12.1 Å². The molecule has 1 heterocycles. The zero-order valence-electron chi connectivity index (χ0n) is 15.4. The van der Waals surface area contributed by atoms with Crippen molar-refractivity contribution in [2.45, 2.75) is 24.7 Å². The van der Waals surface area contributed by atoms with E-state index in [4.69, 9.17) is 5.14 Å². The van der Waals surface area contributed by atoms with Gasteiger partial charge in [-0.2, -0.15) is 0 Å². The largest absolute Gasteiger partial charge is 0.366 e. The van der Waals surface area contributed by atoms with E-state index in [0.717, 1.165) is 11.6 Å². The first-order valence-corrected chi connectivity index (χ1v) is 10.4. The van der Waals surface area contributed by atoms with Crippen LogP contribution in [0.1, 0.15) is 28.8 Å². The molecule has 2 aromatic rings. The number of hydrogen-bond donors (Lipinski definition) is 1. The number of nitrogens with zero attached hydrogens (tertiary/aromatic N) is 2. The molecule has 0 aromatic heterocycles. The molecule has 0 aliphatic carbocycles. The van der Waals surface area contributed by atoms with Crippen LogP contribution in [0.2, 0.25) is 0 Å². The summed E-state index contributed by atoms with van der Waals surface area (Å²) in [6, 6.07) is 11.5. The molecule has 1 aliphatic heterocycles. The molecule has 9 heteroatoms. The Morgan fingerprint density at radius 3 is 2.29 bits per heavy atom. The number of carbonyl (C=O) groups is 1. The van der Waals surface area contributed by atoms with Crippen molar-refractivity contribution in [3.63, 3.8) is 0 Å². The van der Waals surface area contributed by atoms with Crippen LogP contribution < -0.4 is 10.0 Å². The normalized spacial score (nSPS) is 15.4. The van der Waals surface area contributed by atoms with Crippen molar-refractivity contribution in [2.24, 2.45) is 11.1 Å². The average Bonchev–Trinajstić information content (AvgIpc) is 2.67. The summed E-state index contributed by atoms with van der Waals surface area (Å²) < 4.78 is 23.5. The number of rotatable bonds is 5. The molecule has 2 aromatic carbocycles. The van der Waals surface area contributed by atoms with Crippen LogP contribution in [0, 0.1) is 23.0 Å². The minimum Gasteiger partial charge on any atom is -0.366 e. The number of para-hydroxylation sites is 1. The quantitative estimate of drug-likeness (QED) is 0.465. The van der Waals surface area contributed by atoms with E-state index >= 15 is 0 Å². The second kappa shape index (κ2) is 7.69. The van der Waals surface area contributed by atoms with Gasteiger partial charge in [0.05, 0.1) is 4.92 Å². The fourth-order valence-corrected chi connectivity index (χ4v) is 4.23. The molecule has 0 amide bonds. The molecule has 1 fully saturated rings. The smallest absolute Gasteiger partial charge is 0.312 e. The van der Waals surface area contributed by atoms with Gasteiger partial charge in [-0.1, -0.05) is 35.9 Å². The van der Waals surface area contributed by atoms with E-state index in [-0.39, 0.29) is 17.4 Å². The number of primary sulfonamides is 1. The SMILES string of the molecule is Cc1ccc(C(=O)C2CCN(c3cccc(S(N)(=O)=O)c3[N+](=O)[O-])CC2)cc1. The second-order valence-corrected chi connectivity index (χ2v) is 8.45. The van der Waals surface area contributed by atoms with Crippen LogP contribution >= 0.6 is 0 Å². The van der Waals surface area contributed by atoms with Crippen molar-refractivity contribution in [3.05, 3.63) is 63.7 Å². The van der Waals surface area contributed by atoms with Gasteiger partial charge in [0.15, 0.2) is 10.7 Å². The molecule has 148 valence electrons. The molecule has 0 unspecified atom stereocenters. The van der Waals surface area contributed by atoms with Gasteiger partial charge in [-0.3, -0.25) is 14.9 Å². The maximum absolute atomic E-state index is 12.7. The third-order valence-electron chi connectivity index (χ3n) is 5.01. The number of benzene rings is 2. The molecule has 8 nitrogen and oxygen atoms in total. The summed E-state index contributed by atoms with van der Waals surface area (Å²) in [5.74, 6) is -0.105. The summed E-state index contributed by atoms with van der Waals surface area (Å²) in [6.45, 7) is 2.78. The standard InChI is InChI=1S/C19H21N3O5S/c1-13-5-7-14(8-6-13)19(23)15-9-11-21(12-10-15)16-3-2-4-17(28(20,26)27)18(16)22(24)25/h2-8,15H,9-12H2,1H3,(H2,20,26,27). The van der Waals surface area contributed by atoms with E-state index in [1.807, 2.05) is 31.2 Å². The van der Waals surface area contributed by atoms with Crippen LogP contribution in [0.15, 0.2) is 47.4 Å². The number of aryl methyl sites for hydroxylation is 1. The number of carbonyl (C=O) groups excluding carboxylic acids is 1. The van der Waals surface area contributed by atoms with Crippen LogP contribution in [0.25, 0.3) is 0 Å². The van der Waals surface area contributed by atoms with Gasteiger partial charge in [0, 0.05) is 24.6 Å². The number of anilines is 1. The van der Waals surface area contributed by atoms with Crippen LogP contribution in [0.3, 0.4) is 0 Å². The van der Waals surface area contributed by atoms with Gasteiger partial charge in [-0.25, -0.2) is 13.6 Å². The molecule has 3 rings (SSSR count). The lowest BCUT2D eigenvalue weighted by molar-refractivity contribution is -0.387. The van der Waals surface area contributed by atoms with Gasteiger partial charge in [0.2, 0.25) is 10.0 Å². The van der Waals surface area contributed by atoms with Crippen molar-refractivity contribution in [3.8, 4) is 0 Å². The van der Waals surface area contributed by atoms with Crippen molar-refractivity contribution >= 4 is 27.2 Å². The number of hydrogen-bond acceptors (Lipinski definition) is 6. The van der Waals surface area contributed by atoms with Crippen molar-refractivity contribution < 1.29 is 18.1 Å². The van der Waals surface area contributed by atoms with Gasteiger partial charge in [0.1, 0.15) is 5.69 Å². The Morgan fingerprint density at radius 1 is 1.14 bits per heavy atom. The maximum Gasteiger partial charge on any atom is 0.312 e. The van der Waals surface area contributed by atoms with E-state index in [9.17, 15) is 23.3 Å². The molecular weight excluding hydrogens is 382 g/mol. The molecule has 0 saturated carbocycles. The van der Waals surface area contributed by atoms with E-state index in [1.54, 1.807) is 4.90 Å². The summed E-state index contributed by atoms with van der Waals surface area (Å²) >= 11 is 0. The van der Waals surface area contributed by atoms with Crippen LogP contribution in [-0.2, 0) is 10.0 Å². The number of nitro benzene ring substituents is 1. The average molecular weight is 403 g/mol. The highest BCUT2D eigenvalue weighted by Gasteiger charge is 2.32. The Labute approximate surface area is 163 Å². The molecule has 0 atom stereocenters. The van der Waals surface area contributed by atoms with E-state index in [0.29, 0.717) is 31.5 Å². The Kier molecular flexibility index (Phi) is 5.48. The van der Waals surface area contributed by atoms with Crippen LogP contribution in [-0.4, -0.2) is 32.2 Å². The monoisotopic (exact) mass is 403 g/mol. The summed E-state index contributed by atoms with van der Waals surface area (Å²) in [5, 5.41) is 16.7. The Hall–Kier alpha value is -2.78. The predicted molar refractivity (Wildman–Crippen MR) is 105 cm³/mol. The third-order valence-corrected chi connectivity index (χ3v) is 5.95. The zero-order chi connectivity index (χ0) is 20.5. The highest BCUT2D eigenvalue weighted by molar-refractivity contribution is 7.89. The fraction of sp³-hybridized carbons (Fsp3) is 0.316. The summed E-state index contributed by atoms with van der Waals surface area (Å²) in [7, 11) is -4.23. The fourth-order valence-electron chi connectivity index (χ4n) is 3.52. The van der Waals surface area contributed by atoms with Gasteiger partial charge in [0.25, 0.3) is 0 Å². The van der Waals surface area contributed by atoms with Crippen LogP contribution in [0.5, 0.6) is 0 Å². The molecule has 0 spiro atoms. The van der Waals surface area contributed by atoms with Gasteiger partial charge in [-0.15, -0.1) is 0 Å². The minimum atomic E-state index is -4.23. The molecule has 0 radical (unpaired) electrons. The molecule has 2 N–H and O–H groups in total. The van der Waals surface area contributed by atoms with Crippen LogP contribution in [0.4, 0.5) is 11.4 Å². The number of nitrogens with two attached hydrogens (primary N) is 1. The van der Waals surface area contributed by atoms with E-state index in [2.05, 4.69) is 0 Å². The highest BCUT2D eigenvalue weighted by atomic mass is 32.2. The summed E-state index contributed by atoms with van der Waals surface area (Å²) in [6.07, 6.45) is 1.06. The van der Waals surface area contributed by atoms with Crippen molar-refractivity contribution in [1.29, 1.82) is 0 Å². The second-order valence-electron chi connectivity index (χ2n) is 6.92. The number of nitro groups is 1. The van der Waals surface area contributed by atoms with Crippen molar-refractivity contribution in [2.75, 3.05) is 18.0 Å². The van der Waals surface area contributed by atoms with Gasteiger partial charge in [-0.05, 0) is 31.9 Å². The molecule has 0 bridgehead atoms. The van der Waals surface area contributed by atoms with Gasteiger partial charge >= 0.3 is 5.69 Å². The first kappa shape index (κ1) is 20.0. The molecule has 1 saturated heterocycles. The lowest BCUT2D eigenvalue weighted by Crippen LogP contribution is -2.37. The summed E-state index contributed by atoms with van der Waals surface area (Å²) in [4.78, 5) is 24.7. The topological polar surface area (TPSA) is 124 Å². The highest BCUT2D eigenvalue weighted by Crippen LogP contribution is 2.36. The molecule has 28 heavy (non-hydrogen) atoms. The number of Topliss-reactive ketones (excluding diaryl/α,β-unsaturated/α-hetero) is 1. The maximum atomic E-state index is 12.7. The first-order valence-electron chi connectivity index (χ1n) is 8.84. The van der Waals surface area contributed by atoms with Crippen molar-refractivity contribution in [1.82, 2.24) is 0 Å². The third kappa shape index (κ3) is 4.05. The lowest BCUT2D eigenvalue weighted by atomic mass is 9.88. The Morgan fingerprint density at radius 2 is 1.75 bits per heavy atom. The zero-order valence-corrected chi connectivity index (χ0v) is 16.2. The minimum absolute atomic E-state index is 0.0624.